The SMILES string of the molecule is CCCCN(C)Cc1cn[nH]c1C1CC(COCC)C(C)(C)C(COCC)C1. The second-order valence-electron chi connectivity index (χ2n) is 9.10. The summed E-state index contributed by atoms with van der Waals surface area (Å²) in [5.74, 6) is 1.57. The first kappa shape index (κ1) is 23.4. The average Bonchev–Trinajstić information content (AvgIpc) is 3.12. The fraction of sp³-hybridized carbons (Fsp3) is 0.870. The van der Waals surface area contributed by atoms with Crippen molar-refractivity contribution in [2.45, 2.75) is 72.8 Å². The molecule has 1 saturated carbocycles. The Bertz CT molecular complexity index is 538. The first-order valence-electron chi connectivity index (χ1n) is 11.3. The highest BCUT2D eigenvalue weighted by Crippen LogP contribution is 2.50. The van der Waals surface area contributed by atoms with Crippen LogP contribution >= 0.6 is 0 Å². The van der Waals surface area contributed by atoms with E-state index in [2.05, 4.69) is 56.8 Å². The Morgan fingerprint density at radius 2 is 1.71 bits per heavy atom. The quantitative estimate of drug-likeness (QED) is 0.551. The Labute approximate surface area is 172 Å². The Hall–Kier alpha value is -0.910. The molecule has 0 spiro atoms. The Kier molecular flexibility index (Phi) is 9.45. The Balaban J connectivity index is 2.16. The van der Waals surface area contributed by atoms with Crippen molar-refractivity contribution >= 4 is 0 Å². The van der Waals surface area contributed by atoms with Crippen LogP contribution in [0.1, 0.15) is 77.5 Å². The number of hydrogen-bond donors (Lipinski definition) is 1. The molecule has 5 nitrogen and oxygen atoms in total. The van der Waals surface area contributed by atoms with E-state index in [-0.39, 0.29) is 5.41 Å². The van der Waals surface area contributed by atoms with E-state index in [9.17, 15) is 0 Å². The van der Waals surface area contributed by atoms with Crippen molar-refractivity contribution in [2.75, 3.05) is 40.0 Å². The summed E-state index contributed by atoms with van der Waals surface area (Å²) >= 11 is 0. The summed E-state index contributed by atoms with van der Waals surface area (Å²) in [4.78, 5) is 2.42. The minimum atomic E-state index is 0.221. The van der Waals surface area contributed by atoms with Crippen molar-refractivity contribution < 1.29 is 9.47 Å². The number of hydrogen-bond acceptors (Lipinski definition) is 4. The van der Waals surface area contributed by atoms with Crippen molar-refractivity contribution in [1.82, 2.24) is 15.1 Å². The van der Waals surface area contributed by atoms with Crippen LogP contribution in [0.4, 0.5) is 0 Å². The van der Waals surface area contributed by atoms with Gasteiger partial charge in [0.25, 0.3) is 0 Å². The fourth-order valence-corrected chi connectivity index (χ4v) is 4.64. The summed E-state index contributed by atoms with van der Waals surface area (Å²) in [6.45, 7) is 16.6. The standard InChI is InChI=1S/C23H43N3O2/c1-7-10-11-26(6)15-19-14-24-25-22(19)18-12-20(16-27-8-2)23(4,5)21(13-18)17-28-9-3/h14,18,20-21H,7-13,15-17H2,1-6H3,(H,24,25). The molecule has 0 radical (unpaired) electrons. The number of nitrogens with one attached hydrogen (secondary N) is 1. The normalized spacial score (nSPS) is 24.8. The number of H-pyrrole nitrogens is 1. The molecule has 2 atom stereocenters. The lowest BCUT2D eigenvalue weighted by molar-refractivity contribution is -0.0474. The van der Waals surface area contributed by atoms with Gasteiger partial charge in [0.2, 0.25) is 0 Å². The lowest BCUT2D eigenvalue weighted by Crippen LogP contribution is -2.43. The Morgan fingerprint density at radius 3 is 2.25 bits per heavy atom. The zero-order valence-electron chi connectivity index (χ0n) is 19.1. The van der Waals surface area contributed by atoms with Crippen molar-refractivity contribution in [1.29, 1.82) is 0 Å². The third-order valence-corrected chi connectivity index (χ3v) is 6.78. The van der Waals surface area contributed by atoms with Crippen LogP contribution in [0.3, 0.4) is 0 Å². The third-order valence-electron chi connectivity index (χ3n) is 6.78. The number of rotatable bonds is 12. The molecule has 28 heavy (non-hydrogen) atoms. The molecule has 0 aromatic carbocycles. The third kappa shape index (κ3) is 6.04. The molecular weight excluding hydrogens is 350 g/mol. The molecule has 0 amide bonds. The maximum absolute atomic E-state index is 5.89. The zero-order valence-corrected chi connectivity index (χ0v) is 19.1. The highest BCUT2D eigenvalue weighted by atomic mass is 16.5. The van der Waals surface area contributed by atoms with Crippen LogP contribution in [0.15, 0.2) is 6.20 Å². The van der Waals surface area contributed by atoms with Crippen LogP contribution in [0, 0.1) is 17.3 Å². The largest absolute Gasteiger partial charge is 0.381 e. The minimum Gasteiger partial charge on any atom is -0.381 e. The zero-order chi connectivity index (χ0) is 20.6. The second-order valence-corrected chi connectivity index (χ2v) is 9.10. The van der Waals surface area contributed by atoms with Crippen molar-refractivity contribution in [3.8, 4) is 0 Å². The molecule has 1 aromatic heterocycles. The number of aromatic nitrogens is 2. The van der Waals surface area contributed by atoms with Crippen LogP contribution in [-0.2, 0) is 16.0 Å². The first-order valence-corrected chi connectivity index (χ1v) is 11.3. The molecule has 1 aliphatic rings. The monoisotopic (exact) mass is 393 g/mol. The molecule has 1 aliphatic carbocycles. The van der Waals surface area contributed by atoms with E-state index >= 15 is 0 Å². The molecule has 1 heterocycles. The van der Waals surface area contributed by atoms with E-state index in [0.29, 0.717) is 17.8 Å². The van der Waals surface area contributed by atoms with Crippen LogP contribution in [-0.4, -0.2) is 55.1 Å². The smallest absolute Gasteiger partial charge is 0.0535 e. The van der Waals surface area contributed by atoms with Gasteiger partial charge in [0.05, 0.1) is 6.20 Å². The number of ether oxygens (including phenoxy) is 2. The molecule has 0 bridgehead atoms. The van der Waals surface area contributed by atoms with E-state index in [0.717, 1.165) is 52.4 Å². The summed E-state index contributed by atoms with van der Waals surface area (Å²) in [5, 5.41) is 7.79. The molecule has 2 unspecified atom stereocenters. The molecular formula is C23H43N3O2. The van der Waals surface area contributed by atoms with Gasteiger partial charge in [0.1, 0.15) is 0 Å². The number of nitrogens with zero attached hydrogens (tertiary/aromatic N) is 2. The minimum absolute atomic E-state index is 0.221. The van der Waals surface area contributed by atoms with Crippen LogP contribution in [0.25, 0.3) is 0 Å². The van der Waals surface area contributed by atoms with Gasteiger partial charge in [-0.1, -0.05) is 27.2 Å². The number of aromatic amines is 1. The molecule has 162 valence electrons. The van der Waals surface area contributed by atoms with Gasteiger partial charge in [-0.15, -0.1) is 0 Å². The predicted octanol–water partition coefficient (Wildman–Crippen LogP) is 4.85. The summed E-state index contributed by atoms with van der Waals surface area (Å²) in [5.41, 5.74) is 2.91. The van der Waals surface area contributed by atoms with Crippen LogP contribution in [0.5, 0.6) is 0 Å². The van der Waals surface area contributed by atoms with E-state index in [1.165, 1.54) is 24.1 Å². The van der Waals surface area contributed by atoms with E-state index in [4.69, 9.17) is 9.47 Å². The molecule has 1 N–H and O–H groups in total. The summed E-state index contributed by atoms with van der Waals surface area (Å²) in [6, 6.07) is 0. The molecule has 1 fully saturated rings. The molecule has 1 aromatic rings. The van der Waals surface area contributed by atoms with Gasteiger partial charge in [-0.2, -0.15) is 5.10 Å². The molecule has 0 aliphatic heterocycles. The molecule has 5 heteroatoms. The predicted molar refractivity (Wildman–Crippen MR) is 116 cm³/mol. The van der Waals surface area contributed by atoms with E-state index in [1.54, 1.807) is 0 Å². The summed E-state index contributed by atoms with van der Waals surface area (Å²) in [6.07, 6.45) is 6.83. The van der Waals surface area contributed by atoms with Gasteiger partial charge in [0.15, 0.2) is 0 Å². The van der Waals surface area contributed by atoms with Gasteiger partial charge in [-0.3, -0.25) is 5.10 Å². The lowest BCUT2D eigenvalue weighted by Gasteiger charge is -2.48. The van der Waals surface area contributed by atoms with Gasteiger partial charge in [-0.25, -0.2) is 0 Å². The Morgan fingerprint density at radius 1 is 1.11 bits per heavy atom. The average molecular weight is 394 g/mol. The maximum atomic E-state index is 5.89. The lowest BCUT2D eigenvalue weighted by atomic mass is 9.59. The van der Waals surface area contributed by atoms with Gasteiger partial charge in [0, 0.05) is 50.1 Å². The topological polar surface area (TPSA) is 50.4 Å². The van der Waals surface area contributed by atoms with Crippen molar-refractivity contribution in [3.05, 3.63) is 17.5 Å². The van der Waals surface area contributed by atoms with Gasteiger partial charge < -0.3 is 14.4 Å². The van der Waals surface area contributed by atoms with Crippen molar-refractivity contribution in [2.24, 2.45) is 17.3 Å². The summed E-state index contributed by atoms with van der Waals surface area (Å²) in [7, 11) is 2.21. The maximum Gasteiger partial charge on any atom is 0.0535 e. The number of unbranched alkanes of at least 4 members (excludes halogenated alkanes) is 1. The van der Waals surface area contributed by atoms with Crippen molar-refractivity contribution in [3.63, 3.8) is 0 Å². The van der Waals surface area contributed by atoms with E-state index in [1.807, 2.05) is 6.20 Å². The fourth-order valence-electron chi connectivity index (χ4n) is 4.64. The van der Waals surface area contributed by atoms with Crippen LogP contribution in [0.2, 0.25) is 0 Å². The van der Waals surface area contributed by atoms with Gasteiger partial charge >= 0.3 is 0 Å². The molecule has 2 rings (SSSR count). The van der Waals surface area contributed by atoms with E-state index < -0.39 is 0 Å². The first-order chi connectivity index (χ1) is 13.4. The second kappa shape index (κ2) is 11.3. The summed E-state index contributed by atoms with van der Waals surface area (Å²) < 4.78 is 11.8. The molecule has 0 saturated heterocycles. The highest BCUT2D eigenvalue weighted by Gasteiger charge is 2.44. The highest BCUT2D eigenvalue weighted by molar-refractivity contribution is 5.22. The van der Waals surface area contributed by atoms with Gasteiger partial charge in [-0.05, 0) is 64.0 Å². The van der Waals surface area contributed by atoms with Crippen LogP contribution < -0.4 is 0 Å².